The summed E-state index contributed by atoms with van der Waals surface area (Å²) in [7, 11) is 0. The predicted molar refractivity (Wildman–Crippen MR) is 90.2 cm³/mol. The van der Waals surface area contributed by atoms with Gasteiger partial charge in [0.2, 0.25) is 0 Å². The molecule has 0 radical (unpaired) electrons. The van der Waals surface area contributed by atoms with Gasteiger partial charge in [-0.2, -0.15) is 0 Å². The summed E-state index contributed by atoms with van der Waals surface area (Å²) in [6.07, 6.45) is 6.92. The molecule has 0 aromatic heterocycles. The number of allylic oxidation sites excluding steroid dienone is 1. The summed E-state index contributed by atoms with van der Waals surface area (Å²) in [5, 5.41) is 5.45. The zero-order valence-electron chi connectivity index (χ0n) is 12.2. The Hall–Kier alpha value is -2.08. The molecule has 0 saturated heterocycles. The van der Waals surface area contributed by atoms with Gasteiger partial charge >= 0.3 is 0 Å². The molecule has 1 aliphatic rings. The molecule has 3 aromatic rings. The smallest absolute Gasteiger partial charge is 0.00992 e. The van der Waals surface area contributed by atoms with E-state index >= 15 is 0 Å². The molecule has 0 fully saturated rings. The Balaban J connectivity index is 0.000000581. The van der Waals surface area contributed by atoms with Crippen LogP contribution in [0.4, 0.5) is 0 Å². The first-order valence-corrected chi connectivity index (χ1v) is 7.53. The van der Waals surface area contributed by atoms with Gasteiger partial charge in [-0.1, -0.05) is 74.5 Å². The van der Waals surface area contributed by atoms with Crippen LogP contribution in [0.2, 0.25) is 0 Å². The van der Waals surface area contributed by atoms with Crippen molar-refractivity contribution < 1.29 is 0 Å². The van der Waals surface area contributed by atoms with Crippen LogP contribution in [0.1, 0.15) is 31.4 Å². The highest BCUT2D eigenvalue weighted by atomic mass is 14.1. The van der Waals surface area contributed by atoms with Crippen LogP contribution >= 0.6 is 0 Å². The quantitative estimate of drug-likeness (QED) is 0.436. The minimum Gasteiger partial charge on any atom is -0.0836 e. The maximum absolute atomic E-state index is 2.30. The van der Waals surface area contributed by atoms with Crippen LogP contribution in [0.15, 0.2) is 54.6 Å². The molecule has 0 nitrogen and oxygen atoms in total. The number of fused-ring (bicyclic) bond motifs is 5. The van der Waals surface area contributed by atoms with Crippen molar-refractivity contribution in [2.24, 2.45) is 0 Å². The summed E-state index contributed by atoms with van der Waals surface area (Å²) in [4.78, 5) is 0. The van der Waals surface area contributed by atoms with E-state index in [0.717, 1.165) is 0 Å². The van der Waals surface area contributed by atoms with Gasteiger partial charge in [-0.05, 0) is 45.5 Å². The minimum absolute atomic E-state index is 1.17. The number of hydrogen-bond acceptors (Lipinski definition) is 0. The lowest BCUT2D eigenvalue weighted by Gasteiger charge is -2.14. The molecule has 0 bridgehead atoms. The van der Waals surface area contributed by atoms with Gasteiger partial charge < -0.3 is 0 Å². The fourth-order valence-corrected chi connectivity index (χ4v) is 3.01. The van der Waals surface area contributed by atoms with Crippen LogP contribution in [0.3, 0.4) is 0 Å². The lowest BCUT2D eigenvalue weighted by Crippen LogP contribution is -1.95. The number of aryl methyl sites for hydroxylation is 1. The van der Waals surface area contributed by atoms with Crippen molar-refractivity contribution in [3.63, 3.8) is 0 Å². The van der Waals surface area contributed by atoms with Crippen molar-refractivity contribution in [3.8, 4) is 0 Å². The number of benzene rings is 3. The predicted octanol–water partition coefficient (Wildman–Crippen LogP) is 5.98. The molecule has 0 heterocycles. The van der Waals surface area contributed by atoms with E-state index in [9.17, 15) is 0 Å². The average molecular weight is 260 g/mol. The third kappa shape index (κ3) is 2.02. The fourth-order valence-electron chi connectivity index (χ4n) is 3.01. The average Bonchev–Trinajstić information content (AvgIpc) is 2.56. The lowest BCUT2D eigenvalue weighted by atomic mass is 9.90. The normalized spacial score (nSPS) is 12.9. The maximum atomic E-state index is 2.30. The van der Waals surface area contributed by atoms with Gasteiger partial charge in [-0.3, -0.25) is 0 Å². The first-order valence-electron chi connectivity index (χ1n) is 7.53. The summed E-state index contributed by atoms with van der Waals surface area (Å²) in [5.41, 5.74) is 2.91. The zero-order chi connectivity index (χ0) is 13.9. The van der Waals surface area contributed by atoms with Crippen molar-refractivity contribution in [2.45, 2.75) is 26.7 Å². The second-order valence-electron chi connectivity index (χ2n) is 4.96. The van der Waals surface area contributed by atoms with Gasteiger partial charge in [0.15, 0.2) is 0 Å². The highest BCUT2D eigenvalue weighted by molar-refractivity contribution is 6.10. The molecule has 0 atom stereocenters. The van der Waals surface area contributed by atoms with Crippen molar-refractivity contribution in [1.29, 1.82) is 0 Å². The Morgan fingerprint density at radius 1 is 0.750 bits per heavy atom. The molecule has 100 valence electrons. The van der Waals surface area contributed by atoms with Crippen molar-refractivity contribution in [3.05, 3.63) is 65.7 Å². The highest BCUT2D eigenvalue weighted by Crippen LogP contribution is 2.32. The van der Waals surface area contributed by atoms with Gasteiger partial charge in [0, 0.05) is 0 Å². The second kappa shape index (κ2) is 5.50. The molecule has 1 aliphatic carbocycles. The van der Waals surface area contributed by atoms with E-state index in [1.165, 1.54) is 45.5 Å². The van der Waals surface area contributed by atoms with E-state index in [0.29, 0.717) is 0 Å². The Morgan fingerprint density at radius 3 is 2.45 bits per heavy atom. The monoisotopic (exact) mass is 260 g/mol. The standard InChI is InChI=1S/C18H14.C2H6/c1-3-7-15-13(5-1)9-11-18-16-8-4-2-6-14(16)10-12-17(15)18;1-2/h1,3-5,7-12H,2,6H2;1-2H3. The molecule has 20 heavy (non-hydrogen) atoms. The molecule has 0 amide bonds. The highest BCUT2D eigenvalue weighted by Gasteiger charge is 2.09. The van der Waals surface area contributed by atoms with Crippen LogP contribution < -0.4 is 0 Å². The van der Waals surface area contributed by atoms with Crippen LogP contribution in [-0.2, 0) is 6.42 Å². The topological polar surface area (TPSA) is 0 Å². The van der Waals surface area contributed by atoms with Gasteiger partial charge in [-0.25, -0.2) is 0 Å². The Morgan fingerprint density at radius 2 is 1.55 bits per heavy atom. The maximum Gasteiger partial charge on any atom is -0.00992 e. The first kappa shape index (κ1) is 12.9. The minimum atomic E-state index is 1.17. The second-order valence-corrected chi connectivity index (χ2v) is 4.96. The summed E-state index contributed by atoms with van der Waals surface area (Å²) in [6.45, 7) is 4.00. The van der Waals surface area contributed by atoms with Crippen molar-refractivity contribution in [2.75, 3.05) is 0 Å². The van der Waals surface area contributed by atoms with Gasteiger partial charge in [0.1, 0.15) is 0 Å². The van der Waals surface area contributed by atoms with E-state index in [1.807, 2.05) is 13.8 Å². The Bertz CT molecular complexity index is 778. The van der Waals surface area contributed by atoms with E-state index in [1.54, 1.807) is 0 Å². The zero-order valence-corrected chi connectivity index (χ0v) is 12.2. The first-order chi connectivity index (χ1) is 9.93. The lowest BCUT2D eigenvalue weighted by molar-refractivity contribution is 0.990. The van der Waals surface area contributed by atoms with E-state index in [2.05, 4.69) is 60.7 Å². The Labute approximate surface area is 120 Å². The SMILES string of the molecule is C1=Cc2c(ccc3c2ccc2ccccc23)CC1.CC. The molecule has 4 rings (SSSR count). The summed E-state index contributed by atoms with van der Waals surface area (Å²) < 4.78 is 0. The van der Waals surface area contributed by atoms with Gasteiger partial charge in [0.25, 0.3) is 0 Å². The Kier molecular flexibility index (Phi) is 3.56. The van der Waals surface area contributed by atoms with E-state index in [4.69, 9.17) is 0 Å². The molecule has 0 saturated carbocycles. The third-order valence-electron chi connectivity index (χ3n) is 3.92. The molecule has 0 N–H and O–H groups in total. The molecule has 3 aromatic carbocycles. The molecular formula is C20H20. The van der Waals surface area contributed by atoms with Crippen LogP contribution in [0.5, 0.6) is 0 Å². The van der Waals surface area contributed by atoms with Crippen LogP contribution in [0.25, 0.3) is 27.6 Å². The van der Waals surface area contributed by atoms with Crippen molar-refractivity contribution in [1.82, 2.24) is 0 Å². The molecule has 0 spiro atoms. The van der Waals surface area contributed by atoms with Gasteiger partial charge in [-0.15, -0.1) is 0 Å². The van der Waals surface area contributed by atoms with E-state index in [-0.39, 0.29) is 0 Å². The molecule has 0 aliphatic heterocycles. The van der Waals surface area contributed by atoms with Crippen LogP contribution in [0, 0.1) is 0 Å². The van der Waals surface area contributed by atoms with Crippen molar-refractivity contribution >= 4 is 27.6 Å². The van der Waals surface area contributed by atoms with Gasteiger partial charge in [0.05, 0.1) is 0 Å². The third-order valence-corrected chi connectivity index (χ3v) is 3.92. The molecule has 0 heteroatoms. The summed E-state index contributed by atoms with van der Waals surface area (Å²) in [6, 6.07) is 17.7. The fraction of sp³-hybridized carbons (Fsp3) is 0.200. The molecule has 0 unspecified atom stereocenters. The van der Waals surface area contributed by atoms with E-state index < -0.39 is 0 Å². The van der Waals surface area contributed by atoms with Crippen LogP contribution in [-0.4, -0.2) is 0 Å². The summed E-state index contributed by atoms with van der Waals surface area (Å²) >= 11 is 0. The number of hydrogen-bond donors (Lipinski definition) is 0. The largest absolute Gasteiger partial charge is 0.0836 e. The summed E-state index contributed by atoms with van der Waals surface area (Å²) in [5.74, 6) is 0. The number of rotatable bonds is 0. The molecular weight excluding hydrogens is 240 g/mol.